The molecule has 2 aliphatic rings. The average molecular weight is 197 g/mol. The zero-order valence-electron chi connectivity index (χ0n) is 9.46. The number of rotatable bonds is 4. The molecule has 2 atom stereocenters. The monoisotopic (exact) mass is 197 g/mol. The molecule has 0 aromatic carbocycles. The lowest BCUT2D eigenvalue weighted by Crippen LogP contribution is -2.48. The van der Waals surface area contributed by atoms with Crippen molar-refractivity contribution in [2.75, 3.05) is 6.61 Å². The summed E-state index contributed by atoms with van der Waals surface area (Å²) in [5, 5.41) is 0. The molecule has 1 saturated heterocycles. The van der Waals surface area contributed by atoms with Gasteiger partial charge in [0, 0.05) is 12.1 Å². The second-order valence-electron chi connectivity index (χ2n) is 5.54. The Morgan fingerprint density at radius 3 is 2.71 bits per heavy atom. The van der Waals surface area contributed by atoms with Gasteiger partial charge in [0.25, 0.3) is 0 Å². The molecule has 2 unspecified atom stereocenters. The number of hydrogen-bond acceptors (Lipinski definition) is 2. The predicted molar refractivity (Wildman–Crippen MR) is 58.1 cm³/mol. The second kappa shape index (κ2) is 3.82. The Balaban J connectivity index is 1.90. The van der Waals surface area contributed by atoms with Gasteiger partial charge in [-0.2, -0.15) is 0 Å². The Labute approximate surface area is 87.2 Å². The van der Waals surface area contributed by atoms with Crippen molar-refractivity contribution in [3.05, 3.63) is 0 Å². The van der Waals surface area contributed by atoms with Crippen molar-refractivity contribution in [3.63, 3.8) is 0 Å². The van der Waals surface area contributed by atoms with Crippen molar-refractivity contribution >= 4 is 0 Å². The molecule has 1 aliphatic heterocycles. The molecule has 2 nitrogen and oxygen atoms in total. The summed E-state index contributed by atoms with van der Waals surface area (Å²) in [6, 6.07) is 0. The predicted octanol–water partition coefficient (Wildman–Crippen LogP) is 2.32. The first-order valence-corrected chi connectivity index (χ1v) is 6.02. The van der Waals surface area contributed by atoms with Gasteiger partial charge in [0.2, 0.25) is 0 Å². The normalized spacial score (nSPS) is 38.1. The van der Waals surface area contributed by atoms with Gasteiger partial charge in [-0.05, 0) is 43.9 Å². The number of nitrogens with two attached hydrogens (primary N) is 1. The van der Waals surface area contributed by atoms with Crippen molar-refractivity contribution in [2.45, 2.75) is 57.6 Å². The lowest BCUT2D eigenvalue weighted by Gasteiger charge is -2.30. The molecule has 0 amide bonds. The molecular weight excluding hydrogens is 174 g/mol. The Bertz CT molecular complexity index is 200. The highest BCUT2D eigenvalue weighted by atomic mass is 16.5. The molecular formula is C12H23NO. The first kappa shape index (κ1) is 10.4. The summed E-state index contributed by atoms with van der Waals surface area (Å²) < 4.78 is 5.80. The maximum absolute atomic E-state index is 6.47. The van der Waals surface area contributed by atoms with Gasteiger partial charge in [-0.15, -0.1) is 0 Å². The highest BCUT2D eigenvalue weighted by Crippen LogP contribution is 2.44. The summed E-state index contributed by atoms with van der Waals surface area (Å²) in [5.41, 5.74) is 6.47. The molecule has 2 rings (SSSR count). The molecule has 0 aromatic rings. The van der Waals surface area contributed by atoms with E-state index in [4.69, 9.17) is 10.5 Å². The fourth-order valence-corrected chi connectivity index (χ4v) is 2.51. The second-order valence-corrected chi connectivity index (χ2v) is 5.54. The molecule has 1 heterocycles. The third kappa shape index (κ3) is 2.12. The van der Waals surface area contributed by atoms with Crippen molar-refractivity contribution in [1.29, 1.82) is 0 Å². The third-order valence-corrected chi connectivity index (χ3v) is 3.67. The molecule has 2 N–H and O–H groups in total. The van der Waals surface area contributed by atoms with E-state index < -0.39 is 0 Å². The Hall–Kier alpha value is -0.0800. The van der Waals surface area contributed by atoms with Gasteiger partial charge >= 0.3 is 0 Å². The number of hydrogen-bond donors (Lipinski definition) is 1. The van der Waals surface area contributed by atoms with E-state index in [2.05, 4.69) is 13.8 Å². The third-order valence-electron chi connectivity index (χ3n) is 3.67. The fourth-order valence-electron chi connectivity index (χ4n) is 2.51. The van der Waals surface area contributed by atoms with Crippen LogP contribution in [-0.2, 0) is 4.74 Å². The van der Waals surface area contributed by atoms with Crippen LogP contribution in [0, 0.1) is 11.8 Å². The van der Waals surface area contributed by atoms with Crippen LogP contribution < -0.4 is 5.73 Å². The highest BCUT2D eigenvalue weighted by molar-refractivity contribution is 5.03. The molecule has 82 valence electrons. The molecule has 0 aromatic heterocycles. The SMILES string of the molecule is CC(C)CCC1(N)CCOC1C1CC1. The molecule has 0 radical (unpaired) electrons. The average Bonchev–Trinajstić information content (AvgIpc) is 2.88. The van der Waals surface area contributed by atoms with Crippen molar-refractivity contribution in [3.8, 4) is 0 Å². The highest BCUT2D eigenvalue weighted by Gasteiger charge is 2.48. The van der Waals surface area contributed by atoms with E-state index in [-0.39, 0.29) is 5.54 Å². The van der Waals surface area contributed by atoms with Crippen molar-refractivity contribution in [2.24, 2.45) is 17.6 Å². The quantitative estimate of drug-likeness (QED) is 0.750. The smallest absolute Gasteiger partial charge is 0.0783 e. The Morgan fingerprint density at radius 1 is 1.43 bits per heavy atom. The van der Waals surface area contributed by atoms with Gasteiger partial charge in [-0.1, -0.05) is 13.8 Å². The Morgan fingerprint density at radius 2 is 2.14 bits per heavy atom. The van der Waals surface area contributed by atoms with Crippen LogP contribution in [-0.4, -0.2) is 18.2 Å². The first-order valence-electron chi connectivity index (χ1n) is 6.02. The van der Waals surface area contributed by atoms with Crippen LogP contribution in [0.25, 0.3) is 0 Å². The van der Waals surface area contributed by atoms with Crippen LogP contribution in [0.2, 0.25) is 0 Å². The van der Waals surface area contributed by atoms with E-state index in [1.807, 2.05) is 0 Å². The van der Waals surface area contributed by atoms with Crippen molar-refractivity contribution < 1.29 is 4.74 Å². The molecule has 0 spiro atoms. The summed E-state index contributed by atoms with van der Waals surface area (Å²) in [4.78, 5) is 0. The van der Waals surface area contributed by atoms with E-state index in [0.29, 0.717) is 6.10 Å². The lowest BCUT2D eigenvalue weighted by molar-refractivity contribution is 0.0586. The summed E-state index contributed by atoms with van der Waals surface area (Å²) in [6.45, 7) is 5.42. The van der Waals surface area contributed by atoms with E-state index in [9.17, 15) is 0 Å². The van der Waals surface area contributed by atoms with Crippen LogP contribution in [0.5, 0.6) is 0 Å². The van der Waals surface area contributed by atoms with E-state index in [1.165, 1.54) is 19.3 Å². The van der Waals surface area contributed by atoms with E-state index >= 15 is 0 Å². The van der Waals surface area contributed by atoms with Gasteiger partial charge in [0.05, 0.1) is 6.10 Å². The van der Waals surface area contributed by atoms with E-state index in [1.54, 1.807) is 0 Å². The minimum atomic E-state index is 0.00539. The zero-order chi connectivity index (χ0) is 10.2. The molecule has 2 fully saturated rings. The molecule has 2 heteroatoms. The van der Waals surface area contributed by atoms with E-state index in [0.717, 1.165) is 31.3 Å². The van der Waals surface area contributed by atoms with Crippen molar-refractivity contribution in [1.82, 2.24) is 0 Å². The van der Waals surface area contributed by atoms with Gasteiger partial charge in [0.1, 0.15) is 0 Å². The lowest BCUT2D eigenvalue weighted by atomic mass is 9.83. The standard InChI is InChI=1S/C12H23NO/c1-9(2)5-6-12(13)7-8-14-11(12)10-3-4-10/h9-11H,3-8,13H2,1-2H3. The number of ether oxygens (including phenoxy) is 1. The first-order chi connectivity index (χ1) is 6.62. The minimum absolute atomic E-state index is 0.00539. The maximum atomic E-state index is 6.47. The van der Waals surface area contributed by atoms with Gasteiger partial charge < -0.3 is 10.5 Å². The Kier molecular flexibility index (Phi) is 2.85. The zero-order valence-corrected chi connectivity index (χ0v) is 9.46. The molecule has 14 heavy (non-hydrogen) atoms. The molecule has 1 saturated carbocycles. The van der Waals surface area contributed by atoms with Crippen LogP contribution >= 0.6 is 0 Å². The molecule has 0 bridgehead atoms. The summed E-state index contributed by atoms with van der Waals surface area (Å²) in [5.74, 6) is 1.55. The van der Waals surface area contributed by atoms with Crippen LogP contribution in [0.4, 0.5) is 0 Å². The molecule has 1 aliphatic carbocycles. The largest absolute Gasteiger partial charge is 0.376 e. The maximum Gasteiger partial charge on any atom is 0.0783 e. The topological polar surface area (TPSA) is 35.2 Å². The van der Waals surface area contributed by atoms with Crippen LogP contribution in [0.3, 0.4) is 0 Å². The summed E-state index contributed by atoms with van der Waals surface area (Å²) in [6.07, 6.45) is 6.51. The minimum Gasteiger partial charge on any atom is -0.376 e. The van der Waals surface area contributed by atoms with Crippen LogP contribution in [0.15, 0.2) is 0 Å². The van der Waals surface area contributed by atoms with Gasteiger partial charge in [-0.3, -0.25) is 0 Å². The van der Waals surface area contributed by atoms with Crippen LogP contribution in [0.1, 0.15) is 46.0 Å². The van der Waals surface area contributed by atoms with Gasteiger partial charge in [0.15, 0.2) is 0 Å². The summed E-state index contributed by atoms with van der Waals surface area (Å²) >= 11 is 0. The van der Waals surface area contributed by atoms with Gasteiger partial charge in [-0.25, -0.2) is 0 Å². The summed E-state index contributed by atoms with van der Waals surface area (Å²) in [7, 11) is 0. The fraction of sp³-hybridized carbons (Fsp3) is 1.00.